The van der Waals surface area contributed by atoms with Crippen molar-refractivity contribution in [3.8, 4) is 5.75 Å². The van der Waals surface area contributed by atoms with Crippen LogP contribution in [0.15, 0.2) is 35.2 Å². The first kappa shape index (κ1) is 18.3. The lowest BCUT2D eigenvalue weighted by atomic mass is 10.3. The van der Waals surface area contributed by atoms with Gasteiger partial charge >= 0.3 is 0 Å². The first-order valence-electron chi connectivity index (χ1n) is 7.40. The van der Waals surface area contributed by atoms with E-state index in [-0.39, 0.29) is 21.5 Å². The zero-order valence-corrected chi connectivity index (χ0v) is 15.0. The molecule has 2 N–H and O–H groups in total. The lowest BCUT2D eigenvalue weighted by molar-refractivity contribution is 0.403. The van der Waals surface area contributed by atoms with E-state index in [0.717, 1.165) is 19.4 Å². The second-order valence-corrected chi connectivity index (χ2v) is 7.07. The lowest BCUT2D eigenvalue weighted by Gasteiger charge is -2.11. The predicted molar refractivity (Wildman–Crippen MR) is 94.2 cm³/mol. The maximum atomic E-state index is 12.5. The minimum Gasteiger partial charge on any atom is -0.495 e. The molecular weight excluding hydrogens is 352 g/mol. The Bertz CT molecular complexity index is 782. The van der Waals surface area contributed by atoms with Crippen LogP contribution >= 0.6 is 11.6 Å². The fraction of sp³-hybridized carbons (Fsp3) is 0.333. The third-order valence-corrected chi connectivity index (χ3v) is 4.77. The minimum atomic E-state index is -3.89. The molecule has 24 heavy (non-hydrogen) atoms. The molecule has 0 aliphatic heterocycles. The van der Waals surface area contributed by atoms with Crippen LogP contribution in [0.25, 0.3) is 0 Å². The molecule has 0 aliphatic rings. The van der Waals surface area contributed by atoms with Crippen molar-refractivity contribution in [2.45, 2.75) is 24.7 Å². The van der Waals surface area contributed by atoms with Crippen molar-refractivity contribution in [1.82, 2.24) is 10.2 Å². The average molecular weight is 371 g/mol. The summed E-state index contributed by atoms with van der Waals surface area (Å²) in [4.78, 5) is -0.0653. The van der Waals surface area contributed by atoms with Crippen molar-refractivity contribution in [1.29, 1.82) is 0 Å². The number of rotatable bonds is 8. The van der Waals surface area contributed by atoms with Gasteiger partial charge in [-0.3, -0.25) is 4.72 Å². The van der Waals surface area contributed by atoms with Gasteiger partial charge in [-0.25, -0.2) is 8.42 Å². The van der Waals surface area contributed by atoms with Crippen molar-refractivity contribution in [3.63, 3.8) is 0 Å². The summed E-state index contributed by atoms with van der Waals surface area (Å²) in [5.41, 5.74) is 0. The van der Waals surface area contributed by atoms with Crippen LogP contribution in [0.5, 0.6) is 5.75 Å². The van der Waals surface area contributed by atoms with Gasteiger partial charge in [0.1, 0.15) is 16.5 Å². The second kappa shape index (κ2) is 8.16. The maximum absolute atomic E-state index is 12.5. The highest BCUT2D eigenvalue weighted by Gasteiger charge is 2.21. The van der Waals surface area contributed by atoms with Crippen molar-refractivity contribution in [3.05, 3.63) is 35.4 Å². The number of methoxy groups -OCH3 is 1. The van der Waals surface area contributed by atoms with E-state index in [1.54, 1.807) is 12.1 Å². The van der Waals surface area contributed by atoms with Gasteiger partial charge in [-0.05, 0) is 36.8 Å². The molecule has 1 aromatic carbocycles. The van der Waals surface area contributed by atoms with Crippen molar-refractivity contribution >= 4 is 33.3 Å². The van der Waals surface area contributed by atoms with Crippen molar-refractivity contribution in [2.75, 3.05) is 23.7 Å². The Morgan fingerprint density at radius 2 is 1.88 bits per heavy atom. The molecule has 0 radical (unpaired) electrons. The van der Waals surface area contributed by atoms with Gasteiger partial charge in [0.2, 0.25) is 0 Å². The van der Waals surface area contributed by atoms with Gasteiger partial charge in [0.25, 0.3) is 10.0 Å². The summed E-state index contributed by atoms with van der Waals surface area (Å²) >= 11 is 5.88. The van der Waals surface area contributed by atoms with E-state index in [1.165, 1.54) is 25.3 Å². The van der Waals surface area contributed by atoms with Crippen LogP contribution in [-0.4, -0.2) is 32.3 Å². The predicted octanol–water partition coefficient (Wildman–Crippen LogP) is 3.15. The fourth-order valence-electron chi connectivity index (χ4n) is 1.93. The number of sulfonamides is 1. The Balaban J connectivity index is 2.16. The van der Waals surface area contributed by atoms with E-state index < -0.39 is 10.0 Å². The highest BCUT2D eigenvalue weighted by atomic mass is 35.5. The number of ether oxygens (including phenoxy) is 1. The topological polar surface area (TPSA) is 93.2 Å². The van der Waals surface area contributed by atoms with Crippen molar-refractivity contribution < 1.29 is 13.2 Å². The number of nitrogens with zero attached hydrogens (tertiary/aromatic N) is 2. The van der Waals surface area contributed by atoms with Gasteiger partial charge in [0.15, 0.2) is 5.82 Å². The Morgan fingerprint density at radius 1 is 1.17 bits per heavy atom. The van der Waals surface area contributed by atoms with Gasteiger partial charge in [-0.1, -0.05) is 24.9 Å². The molecule has 0 saturated carbocycles. The van der Waals surface area contributed by atoms with Crippen LogP contribution in [0.2, 0.25) is 5.02 Å². The fourth-order valence-corrected chi connectivity index (χ4v) is 3.36. The Kier molecular flexibility index (Phi) is 6.22. The van der Waals surface area contributed by atoms with Crippen LogP contribution < -0.4 is 14.8 Å². The third kappa shape index (κ3) is 4.72. The smallest absolute Gasteiger partial charge is 0.266 e. The van der Waals surface area contributed by atoms with Gasteiger partial charge in [0, 0.05) is 11.6 Å². The first-order valence-corrected chi connectivity index (χ1v) is 9.26. The van der Waals surface area contributed by atoms with Crippen LogP contribution in [0.1, 0.15) is 19.8 Å². The van der Waals surface area contributed by atoms with Gasteiger partial charge < -0.3 is 10.1 Å². The van der Waals surface area contributed by atoms with Crippen LogP contribution in [0.3, 0.4) is 0 Å². The molecule has 0 fully saturated rings. The molecule has 7 nitrogen and oxygen atoms in total. The van der Waals surface area contributed by atoms with E-state index in [0.29, 0.717) is 5.82 Å². The Morgan fingerprint density at radius 3 is 2.50 bits per heavy atom. The van der Waals surface area contributed by atoms with E-state index in [1.807, 2.05) is 0 Å². The molecule has 0 aliphatic carbocycles. The highest BCUT2D eigenvalue weighted by Crippen LogP contribution is 2.28. The van der Waals surface area contributed by atoms with Crippen molar-refractivity contribution in [2.24, 2.45) is 0 Å². The summed E-state index contributed by atoms with van der Waals surface area (Å²) < 4.78 is 32.4. The number of nitrogens with one attached hydrogen (secondary N) is 2. The highest BCUT2D eigenvalue weighted by molar-refractivity contribution is 7.92. The van der Waals surface area contributed by atoms with E-state index in [4.69, 9.17) is 16.3 Å². The van der Waals surface area contributed by atoms with Gasteiger partial charge in [0.05, 0.1) is 7.11 Å². The maximum Gasteiger partial charge on any atom is 0.266 e. The monoisotopic (exact) mass is 370 g/mol. The minimum absolute atomic E-state index is 0.0653. The molecule has 0 amide bonds. The molecule has 2 aromatic rings. The Hall–Kier alpha value is -2.06. The average Bonchev–Trinajstić information content (AvgIpc) is 2.56. The lowest BCUT2D eigenvalue weighted by Crippen LogP contribution is -2.15. The largest absolute Gasteiger partial charge is 0.495 e. The molecule has 130 valence electrons. The quantitative estimate of drug-likeness (QED) is 0.693. The molecule has 1 aromatic heterocycles. The summed E-state index contributed by atoms with van der Waals surface area (Å²) in [6.07, 6.45) is 2.09. The van der Waals surface area contributed by atoms with Crippen LogP contribution in [0.4, 0.5) is 11.6 Å². The molecule has 2 rings (SSSR count). The molecule has 0 spiro atoms. The first-order chi connectivity index (χ1) is 11.5. The molecule has 9 heteroatoms. The van der Waals surface area contributed by atoms with E-state index in [9.17, 15) is 8.42 Å². The molecule has 1 heterocycles. The summed E-state index contributed by atoms with van der Waals surface area (Å²) in [6.45, 7) is 2.88. The molecule has 0 unspecified atom stereocenters. The third-order valence-electron chi connectivity index (χ3n) is 3.16. The van der Waals surface area contributed by atoms with Crippen LogP contribution in [-0.2, 0) is 10.0 Å². The number of hydrogen-bond acceptors (Lipinski definition) is 6. The van der Waals surface area contributed by atoms with Crippen LogP contribution in [0, 0.1) is 0 Å². The molecule has 0 saturated heterocycles. The zero-order valence-electron chi connectivity index (χ0n) is 13.4. The van der Waals surface area contributed by atoms with Gasteiger partial charge in [-0.2, -0.15) is 0 Å². The number of hydrogen-bond donors (Lipinski definition) is 2. The second-order valence-electron chi connectivity index (χ2n) is 4.98. The van der Waals surface area contributed by atoms with Gasteiger partial charge in [-0.15, -0.1) is 10.2 Å². The molecular formula is C15H19ClN4O3S. The summed E-state index contributed by atoms with van der Waals surface area (Å²) in [5.74, 6) is 0.891. The van der Waals surface area contributed by atoms with E-state index >= 15 is 0 Å². The van der Waals surface area contributed by atoms with E-state index in [2.05, 4.69) is 27.2 Å². The zero-order chi connectivity index (χ0) is 17.6. The molecule has 0 bridgehead atoms. The number of halogens is 1. The molecule has 0 atom stereocenters. The normalized spacial score (nSPS) is 11.1. The SMILES string of the molecule is CCCCNc1ccc(NS(=O)(=O)c2cc(Cl)ccc2OC)nn1. The summed E-state index contributed by atoms with van der Waals surface area (Å²) in [6, 6.07) is 7.56. The number of aromatic nitrogens is 2. The summed E-state index contributed by atoms with van der Waals surface area (Å²) in [5, 5.41) is 11.2. The summed E-state index contributed by atoms with van der Waals surface area (Å²) in [7, 11) is -2.51. The Labute approximate surface area is 146 Å². The number of benzene rings is 1. The number of unbranched alkanes of at least 4 members (excludes halogenated alkanes) is 1. The number of anilines is 2. The standard InChI is InChI=1S/C15H19ClN4O3S/c1-3-4-9-17-14-7-8-15(19-18-14)20-24(21,22)13-10-11(16)5-6-12(13)23-2/h5-8,10H,3-4,9H2,1-2H3,(H,17,18)(H,19,20).